The maximum absolute atomic E-state index is 12.6. The molecule has 0 atom stereocenters. The first-order chi connectivity index (χ1) is 16.0. The minimum Gasteiger partial charge on any atom is -0.493 e. The summed E-state index contributed by atoms with van der Waals surface area (Å²) in [5.74, 6) is 0.131. The second-order valence-electron chi connectivity index (χ2n) is 6.79. The van der Waals surface area contributed by atoms with Crippen LogP contribution in [-0.2, 0) is 0 Å². The normalized spacial score (nSPS) is 10.5. The van der Waals surface area contributed by atoms with E-state index >= 15 is 0 Å². The summed E-state index contributed by atoms with van der Waals surface area (Å²) >= 11 is 2.55. The van der Waals surface area contributed by atoms with E-state index in [2.05, 4.69) is 20.8 Å². The largest absolute Gasteiger partial charge is 0.493 e. The number of thiazole rings is 2. The number of aromatic nitrogens is 2. The topological polar surface area (TPSA) is 102 Å². The molecule has 0 fully saturated rings. The fourth-order valence-corrected chi connectivity index (χ4v) is 4.89. The molecule has 0 aliphatic carbocycles. The van der Waals surface area contributed by atoms with Crippen LogP contribution in [-0.4, -0.2) is 36.0 Å². The second kappa shape index (κ2) is 9.80. The van der Waals surface area contributed by atoms with Gasteiger partial charge in [0.1, 0.15) is 20.6 Å². The Morgan fingerprint density at radius 1 is 0.879 bits per heavy atom. The number of carbonyl (C=O) groups excluding carboxylic acids is 2. The Bertz CT molecular complexity index is 1300. The van der Waals surface area contributed by atoms with Crippen LogP contribution < -0.4 is 20.3 Å². The van der Waals surface area contributed by atoms with Gasteiger partial charge in [0.25, 0.3) is 11.8 Å². The van der Waals surface area contributed by atoms with E-state index in [0.717, 1.165) is 10.6 Å². The van der Waals surface area contributed by atoms with Crippen LogP contribution >= 0.6 is 22.7 Å². The number of hydrogen-bond donors (Lipinski definition) is 2. The third kappa shape index (κ3) is 4.71. The van der Waals surface area contributed by atoms with Crippen LogP contribution in [0.4, 0.5) is 0 Å². The van der Waals surface area contributed by atoms with Crippen molar-refractivity contribution in [1.82, 2.24) is 20.8 Å². The summed E-state index contributed by atoms with van der Waals surface area (Å²) in [4.78, 5) is 34.5. The average Bonchev–Trinajstić information content (AvgIpc) is 3.49. The van der Waals surface area contributed by atoms with E-state index in [0.29, 0.717) is 32.6 Å². The van der Waals surface area contributed by atoms with E-state index in [1.54, 1.807) is 32.6 Å². The van der Waals surface area contributed by atoms with Gasteiger partial charge in [0, 0.05) is 10.9 Å². The maximum atomic E-state index is 12.6. The molecule has 33 heavy (non-hydrogen) atoms. The van der Waals surface area contributed by atoms with Crippen molar-refractivity contribution in [2.75, 3.05) is 14.2 Å². The van der Waals surface area contributed by atoms with Gasteiger partial charge in [-0.3, -0.25) is 20.4 Å². The number of methoxy groups -OCH3 is 2. The minimum atomic E-state index is -0.529. The predicted molar refractivity (Wildman–Crippen MR) is 128 cm³/mol. The number of benzene rings is 2. The van der Waals surface area contributed by atoms with Gasteiger partial charge in [-0.2, -0.15) is 0 Å². The lowest BCUT2D eigenvalue weighted by Crippen LogP contribution is -2.41. The molecule has 2 aromatic carbocycles. The molecule has 4 rings (SSSR count). The Morgan fingerprint density at radius 3 is 2.36 bits per heavy atom. The standard InChI is InChI=1S/C23H20N4O4S2/c1-13-19(33-22(24-13)14-8-5-4-6-9-14)21(29)27-26-20(28)16-12-32-23(25-16)15-10-7-11-17(30-2)18(15)31-3/h4-12H,1-3H3,(H,26,28)(H,27,29). The first-order valence-corrected chi connectivity index (χ1v) is 11.5. The van der Waals surface area contributed by atoms with Crippen molar-refractivity contribution in [3.8, 4) is 32.6 Å². The Hall–Kier alpha value is -3.76. The lowest BCUT2D eigenvalue weighted by molar-refractivity contribution is 0.0846. The van der Waals surface area contributed by atoms with E-state index in [4.69, 9.17) is 9.47 Å². The van der Waals surface area contributed by atoms with Crippen molar-refractivity contribution in [3.63, 3.8) is 0 Å². The molecule has 0 aliphatic rings. The summed E-state index contributed by atoms with van der Waals surface area (Å²) in [6, 6.07) is 15.0. The number of para-hydroxylation sites is 1. The van der Waals surface area contributed by atoms with Gasteiger partial charge >= 0.3 is 0 Å². The highest BCUT2D eigenvalue weighted by molar-refractivity contribution is 7.17. The van der Waals surface area contributed by atoms with Crippen LogP contribution in [0.15, 0.2) is 53.9 Å². The quantitative estimate of drug-likeness (QED) is 0.398. The average molecular weight is 481 g/mol. The van der Waals surface area contributed by atoms with Crippen LogP contribution in [0.25, 0.3) is 21.1 Å². The van der Waals surface area contributed by atoms with Crippen LogP contribution in [0.5, 0.6) is 11.5 Å². The Labute approximate surface area is 198 Å². The molecule has 2 amide bonds. The molecular formula is C23H20N4O4S2. The number of nitrogens with one attached hydrogen (secondary N) is 2. The van der Waals surface area contributed by atoms with Crippen molar-refractivity contribution in [2.24, 2.45) is 0 Å². The van der Waals surface area contributed by atoms with Crippen molar-refractivity contribution < 1.29 is 19.1 Å². The minimum absolute atomic E-state index is 0.172. The fourth-order valence-electron chi connectivity index (χ4n) is 3.10. The lowest BCUT2D eigenvalue weighted by atomic mass is 10.2. The summed E-state index contributed by atoms with van der Waals surface area (Å²) in [5, 5.41) is 2.94. The highest BCUT2D eigenvalue weighted by Crippen LogP contribution is 2.39. The van der Waals surface area contributed by atoms with Gasteiger partial charge in [0.15, 0.2) is 11.5 Å². The molecule has 2 aromatic heterocycles. The van der Waals surface area contributed by atoms with Gasteiger partial charge in [-0.25, -0.2) is 9.97 Å². The lowest BCUT2D eigenvalue weighted by Gasteiger charge is -2.10. The number of hydrogen-bond acceptors (Lipinski definition) is 8. The van der Waals surface area contributed by atoms with Crippen LogP contribution in [0, 0.1) is 6.92 Å². The number of carbonyl (C=O) groups is 2. The number of aryl methyl sites for hydroxylation is 1. The summed E-state index contributed by atoms with van der Waals surface area (Å²) in [7, 11) is 3.10. The van der Waals surface area contributed by atoms with Gasteiger partial charge in [0.2, 0.25) is 0 Å². The van der Waals surface area contributed by atoms with E-state index in [1.807, 2.05) is 42.5 Å². The summed E-state index contributed by atoms with van der Waals surface area (Å²) in [5.41, 5.74) is 7.26. The van der Waals surface area contributed by atoms with Gasteiger partial charge in [0.05, 0.1) is 25.5 Å². The molecule has 2 heterocycles. The molecule has 8 nitrogen and oxygen atoms in total. The zero-order chi connectivity index (χ0) is 23.4. The van der Waals surface area contributed by atoms with Crippen molar-refractivity contribution >= 4 is 34.5 Å². The van der Waals surface area contributed by atoms with Gasteiger partial charge < -0.3 is 9.47 Å². The number of nitrogens with zero attached hydrogens (tertiary/aromatic N) is 2. The molecule has 0 saturated heterocycles. The van der Waals surface area contributed by atoms with E-state index in [1.165, 1.54) is 22.7 Å². The van der Waals surface area contributed by atoms with Crippen molar-refractivity contribution in [2.45, 2.75) is 6.92 Å². The molecule has 0 spiro atoms. The Kier molecular flexibility index (Phi) is 6.66. The first kappa shape index (κ1) is 22.4. The third-order valence-electron chi connectivity index (χ3n) is 4.68. The zero-order valence-electron chi connectivity index (χ0n) is 18.0. The molecule has 0 saturated carbocycles. The molecule has 0 bridgehead atoms. The zero-order valence-corrected chi connectivity index (χ0v) is 19.7. The molecule has 4 aromatic rings. The smallest absolute Gasteiger partial charge is 0.289 e. The van der Waals surface area contributed by atoms with Crippen molar-refractivity contribution in [1.29, 1.82) is 0 Å². The molecule has 0 aliphatic heterocycles. The van der Waals surface area contributed by atoms with Crippen LogP contribution in [0.2, 0.25) is 0 Å². The molecule has 0 unspecified atom stereocenters. The molecule has 0 radical (unpaired) electrons. The summed E-state index contributed by atoms with van der Waals surface area (Å²) in [6.45, 7) is 1.76. The highest BCUT2D eigenvalue weighted by atomic mass is 32.1. The van der Waals surface area contributed by atoms with E-state index < -0.39 is 11.8 Å². The van der Waals surface area contributed by atoms with Gasteiger partial charge in [-0.1, -0.05) is 36.4 Å². The van der Waals surface area contributed by atoms with Gasteiger partial charge in [-0.15, -0.1) is 22.7 Å². The SMILES string of the molecule is COc1cccc(-c2nc(C(=O)NNC(=O)c3sc(-c4ccccc4)nc3C)cs2)c1OC. The number of hydrazine groups is 1. The number of ether oxygens (including phenoxy) is 2. The van der Waals surface area contributed by atoms with Crippen LogP contribution in [0.3, 0.4) is 0 Å². The molecule has 10 heteroatoms. The fraction of sp³-hybridized carbons (Fsp3) is 0.130. The van der Waals surface area contributed by atoms with Gasteiger partial charge in [-0.05, 0) is 19.1 Å². The molecule has 2 N–H and O–H groups in total. The summed E-state index contributed by atoms with van der Waals surface area (Å²) < 4.78 is 10.8. The third-order valence-corrected chi connectivity index (χ3v) is 6.76. The Balaban J connectivity index is 1.45. The van der Waals surface area contributed by atoms with E-state index in [-0.39, 0.29) is 5.69 Å². The first-order valence-electron chi connectivity index (χ1n) is 9.82. The molecule has 168 valence electrons. The van der Waals surface area contributed by atoms with E-state index in [9.17, 15) is 9.59 Å². The van der Waals surface area contributed by atoms with Crippen LogP contribution in [0.1, 0.15) is 25.9 Å². The number of amides is 2. The monoisotopic (exact) mass is 480 g/mol. The maximum Gasteiger partial charge on any atom is 0.289 e. The second-order valence-corrected chi connectivity index (χ2v) is 8.64. The number of rotatable bonds is 6. The highest BCUT2D eigenvalue weighted by Gasteiger charge is 2.20. The Morgan fingerprint density at radius 2 is 1.64 bits per heavy atom. The molecular weight excluding hydrogens is 460 g/mol. The van der Waals surface area contributed by atoms with Crippen molar-refractivity contribution in [3.05, 3.63) is 70.2 Å². The predicted octanol–water partition coefficient (Wildman–Crippen LogP) is 4.33. The summed E-state index contributed by atoms with van der Waals surface area (Å²) in [6.07, 6.45) is 0.